The lowest BCUT2D eigenvalue weighted by Crippen LogP contribution is -2.12. The molecular formula is C18H37NO2. The molecule has 126 valence electrons. The van der Waals surface area contributed by atoms with Crippen LogP contribution in [0.15, 0.2) is 0 Å². The summed E-state index contributed by atoms with van der Waals surface area (Å²) in [5.41, 5.74) is 5.07. The molecule has 0 fully saturated rings. The first-order valence-electron chi connectivity index (χ1n) is 9.13. The van der Waals surface area contributed by atoms with Crippen molar-refractivity contribution < 1.29 is 9.90 Å². The van der Waals surface area contributed by atoms with Gasteiger partial charge in [-0.1, -0.05) is 77.6 Å². The lowest BCUT2D eigenvalue weighted by molar-refractivity contribution is -0.118. The summed E-state index contributed by atoms with van der Waals surface area (Å²) in [5, 5.41) is 9.75. The lowest BCUT2D eigenvalue weighted by atomic mass is 10.0. The number of primary amides is 1. The minimum absolute atomic E-state index is 0.247. The molecule has 1 unspecified atom stereocenters. The highest BCUT2D eigenvalue weighted by atomic mass is 16.3. The maximum absolute atomic E-state index is 10.6. The molecule has 3 heteroatoms. The Morgan fingerprint density at radius 2 is 1.24 bits per heavy atom. The van der Waals surface area contributed by atoms with Gasteiger partial charge in [-0.3, -0.25) is 4.79 Å². The fourth-order valence-electron chi connectivity index (χ4n) is 2.70. The third kappa shape index (κ3) is 17.4. The van der Waals surface area contributed by atoms with Crippen LogP contribution < -0.4 is 5.73 Å². The van der Waals surface area contributed by atoms with Crippen LogP contribution >= 0.6 is 0 Å². The number of nitrogens with two attached hydrogens (primary N) is 1. The molecule has 0 bridgehead atoms. The molecule has 0 aromatic rings. The molecule has 0 saturated heterocycles. The summed E-state index contributed by atoms with van der Waals surface area (Å²) in [6.45, 7) is 2.26. The van der Waals surface area contributed by atoms with Crippen molar-refractivity contribution in [3.8, 4) is 0 Å². The van der Waals surface area contributed by atoms with Gasteiger partial charge >= 0.3 is 0 Å². The molecule has 0 radical (unpaired) electrons. The normalized spacial score (nSPS) is 12.5. The largest absolute Gasteiger partial charge is 0.393 e. The second-order valence-corrected chi connectivity index (χ2v) is 6.34. The average Bonchev–Trinajstić information content (AvgIpc) is 2.44. The number of amides is 1. The molecule has 0 aliphatic heterocycles. The molecule has 0 aromatic carbocycles. The van der Waals surface area contributed by atoms with Gasteiger partial charge in [0.1, 0.15) is 0 Å². The summed E-state index contributed by atoms with van der Waals surface area (Å²) in [4.78, 5) is 10.6. The fourth-order valence-corrected chi connectivity index (χ4v) is 2.70. The molecule has 0 aromatic heterocycles. The topological polar surface area (TPSA) is 63.3 Å². The van der Waals surface area contributed by atoms with Crippen molar-refractivity contribution in [3.05, 3.63) is 0 Å². The van der Waals surface area contributed by atoms with Crippen LogP contribution in [-0.4, -0.2) is 17.1 Å². The smallest absolute Gasteiger partial charge is 0.217 e. The van der Waals surface area contributed by atoms with Crippen molar-refractivity contribution in [1.82, 2.24) is 0 Å². The highest BCUT2D eigenvalue weighted by Crippen LogP contribution is 2.14. The number of unbranched alkanes of at least 4 members (excludes halogenated alkanes) is 10. The molecule has 0 rings (SSSR count). The first-order chi connectivity index (χ1) is 10.2. The standard InChI is InChI=1S/C18H37NO2/c1-2-3-4-5-6-7-8-9-10-11-12-14-17(20)15-13-16-18(19)21/h17,20H,2-16H2,1H3,(H2,19,21). The Morgan fingerprint density at radius 3 is 1.71 bits per heavy atom. The molecule has 1 atom stereocenters. The number of carbonyl (C=O) groups is 1. The number of aliphatic hydroxyl groups excluding tert-OH is 1. The van der Waals surface area contributed by atoms with Crippen LogP contribution in [0.2, 0.25) is 0 Å². The van der Waals surface area contributed by atoms with E-state index in [1.165, 1.54) is 64.2 Å². The maximum atomic E-state index is 10.6. The Labute approximate surface area is 131 Å². The van der Waals surface area contributed by atoms with Crippen LogP contribution in [0.4, 0.5) is 0 Å². The van der Waals surface area contributed by atoms with Gasteiger partial charge in [-0.25, -0.2) is 0 Å². The van der Waals surface area contributed by atoms with Gasteiger partial charge in [0.05, 0.1) is 6.10 Å². The van der Waals surface area contributed by atoms with Crippen LogP contribution in [0.3, 0.4) is 0 Å². The van der Waals surface area contributed by atoms with Crippen LogP contribution in [0.1, 0.15) is 103 Å². The molecule has 0 heterocycles. The van der Waals surface area contributed by atoms with Crippen molar-refractivity contribution >= 4 is 5.91 Å². The molecule has 21 heavy (non-hydrogen) atoms. The Bertz CT molecular complexity index is 231. The molecular weight excluding hydrogens is 262 g/mol. The summed E-state index contributed by atoms with van der Waals surface area (Å²) >= 11 is 0. The monoisotopic (exact) mass is 299 g/mol. The third-order valence-electron chi connectivity index (χ3n) is 4.10. The second kappa shape index (κ2) is 15.8. The SMILES string of the molecule is CCCCCCCCCCCCCC(O)CCCC(N)=O. The van der Waals surface area contributed by atoms with E-state index in [2.05, 4.69) is 6.92 Å². The van der Waals surface area contributed by atoms with Gasteiger partial charge in [-0.15, -0.1) is 0 Å². The van der Waals surface area contributed by atoms with Crippen LogP contribution in [0.25, 0.3) is 0 Å². The Hall–Kier alpha value is -0.570. The highest BCUT2D eigenvalue weighted by Gasteiger charge is 2.04. The Morgan fingerprint density at radius 1 is 0.810 bits per heavy atom. The van der Waals surface area contributed by atoms with E-state index < -0.39 is 0 Å². The number of rotatable bonds is 16. The number of aliphatic hydroxyl groups is 1. The second-order valence-electron chi connectivity index (χ2n) is 6.34. The van der Waals surface area contributed by atoms with Crippen molar-refractivity contribution in [2.45, 2.75) is 109 Å². The van der Waals surface area contributed by atoms with E-state index in [1.54, 1.807) is 0 Å². The maximum Gasteiger partial charge on any atom is 0.217 e. The summed E-state index contributed by atoms with van der Waals surface area (Å²) in [7, 11) is 0. The van der Waals surface area contributed by atoms with E-state index >= 15 is 0 Å². The van der Waals surface area contributed by atoms with Gasteiger partial charge < -0.3 is 10.8 Å². The van der Waals surface area contributed by atoms with Crippen LogP contribution in [0.5, 0.6) is 0 Å². The first kappa shape index (κ1) is 20.4. The summed E-state index contributed by atoms with van der Waals surface area (Å²) in [6.07, 6.45) is 17.1. The van der Waals surface area contributed by atoms with E-state index in [0.29, 0.717) is 19.3 Å². The van der Waals surface area contributed by atoms with Gasteiger partial charge in [-0.2, -0.15) is 0 Å². The van der Waals surface area contributed by atoms with Crippen LogP contribution in [-0.2, 0) is 4.79 Å². The summed E-state index contributed by atoms with van der Waals surface area (Å²) < 4.78 is 0. The third-order valence-corrected chi connectivity index (χ3v) is 4.10. The predicted octanol–water partition coefficient (Wildman–Crippen LogP) is 4.70. The van der Waals surface area contributed by atoms with Crippen molar-refractivity contribution in [3.63, 3.8) is 0 Å². The van der Waals surface area contributed by atoms with E-state index in [-0.39, 0.29) is 12.0 Å². The minimum Gasteiger partial charge on any atom is -0.393 e. The van der Waals surface area contributed by atoms with Gasteiger partial charge in [0.25, 0.3) is 0 Å². The fraction of sp³-hybridized carbons (Fsp3) is 0.944. The van der Waals surface area contributed by atoms with E-state index in [1.807, 2.05) is 0 Å². The molecule has 0 saturated carbocycles. The van der Waals surface area contributed by atoms with Crippen molar-refractivity contribution in [1.29, 1.82) is 0 Å². The minimum atomic E-state index is -0.267. The van der Waals surface area contributed by atoms with E-state index in [4.69, 9.17) is 5.73 Å². The van der Waals surface area contributed by atoms with Gasteiger partial charge in [0.2, 0.25) is 5.91 Å². The quantitative estimate of drug-likeness (QED) is 0.406. The molecule has 3 N–H and O–H groups in total. The first-order valence-corrected chi connectivity index (χ1v) is 9.13. The molecule has 0 spiro atoms. The molecule has 3 nitrogen and oxygen atoms in total. The van der Waals surface area contributed by atoms with Gasteiger partial charge in [-0.05, 0) is 19.3 Å². The lowest BCUT2D eigenvalue weighted by Gasteiger charge is -2.09. The number of carbonyl (C=O) groups excluding carboxylic acids is 1. The molecule has 0 aliphatic carbocycles. The number of hydrogen-bond acceptors (Lipinski definition) is 2. The zero-order valence-corrected chi connectivity index (χ0v) is 14.1. The highest BCUT2D eigenvalue weighted by molar-refractivity contribution is 5.73. The Balaban J connectivity index is 3.12. The van der Waals surface area contributed by atoms with E-state index in [0.717, 1.165) is 12.8 Å². The van der Waals surface area contributed by atoms with Crippen molar-refractivity contribution in [2.75, 3.05) is 0 Å². The molecule has 1 amide bonds. The van der Waals surface area contributed by atoms with Gasteiger partial charge in [0, 0.05) is 6.42 Å². The van der Waals surface area contributed by atoms with Crippen molar-refractivity contribution in [2.24, 2.45) is 5.73 Å². The zero-order valence-electron chi connectivity index (χ0n) is 14.1. The zero-order chi connectivity index (χ0) is 15.8. The summed E-state index contributed by atoms with van der Waals surface area (Å²) in [5.74, 6) is -0.267. The average molecular weight is 299 g/mol. The van der Waals surface area contributed by atoms with Gasteiger partial charge in [0.15, 0.2) is 0 Å². The van der Waals surface area contributed by atoms with E-state index in [9.17, 15) is 9.90 Å². The molecule has 0 aliphatic rings. The number of hydrogen-bond donors (Lipinski definition) is 2. The summed E-state index contributed by atoms with van der Waals surface area (Å²) in [6, 6.07) is 0. The predicted molar refractivity (Wildman–Crippen MR) is 90.1 cm³/mol. The van der Waals surface area contributed by atoms with Crippen LogP contribution in [0, 0.1) is 0 Å². The Kier molecular flexibility index (Phi) is 15.4.